The maximum Gasteiger partial charge on any atom is 0.120 e. The third-order valence-electron chi connectivity index (χ3n) is 3.52. The molecule has 3 rings (SSSR count). The molecule has 0 heterocycles. The van der Waals surface area contributed by atoms with Crippen LogP contribution in [0.25, 0.3) is 11.1 Å². The molecule has 0 saturated carbocycles. The van der Waals surface area contributed by atoms with Gasteiger partial charge in [0.2, 0.25) is 0 Å². The first-order valence-electron chi connectivity index (χ1n) is 7.09. The Morgan fingerprint density at radius 3 is 2.32 bits per heavy atom. The van der Waals surface area contributed by atoms with E-state index in [1.54, 1.807) is 6.07 Å². The Balaban J connectivity index is 1.71. The molecule has 110 valence electrons. The third-order valence-corrected chi connectivity index (χ3v) is 3.75. The summed E-state index contributed by atoms with van der Waals surface area (Å²) >= 11 is 6.02. The molecule has 0 bridgehead atoms. The Hall–Kier alpha value is -2.45. The number of rotatable bonds is 4. The Morgan fingerprint density at radius 2 is 1.59 bits per heavy atom. The SMILES string of the molecule is Oc1ccccc1CNc1ccc(-c2cccc(Cl)c2)cc1. The van der Waals surface area contributed by atoms with Crippen LogP contribution in [-0.4, -0.2) is 5.11 Å². The molecule has 0 amide bonds. The molecule has 0 saturated heterocycles. The first kappa shape index (κ1) is 14.5. The van der Waals surface area contributed by atoms with E-state index in [1.165, 1.54) is 0 Å². The van der Waals surface area contributed by atoms with E-state index in [1.807, 2.05) is 54.6 Å². The minimum Gasteiger partial charge on any atom is -0.508 e. The molecule has 0 aliphatic carbocycles. The monoisotopic (exact) mass is 309 g/mol. The normalized spacial score (nSPS) is 10.4. The van der Waals surface area contributed by atoms with Crippen LogP contribution in [0.4, 0.5) is 5.69 Å². The minimum absolute atomic E-state index is 0.311. The molecule has 22 heavy (non-hydrogen) atoms. The number of nitrogens with one attached hydrogen (secondary N) is 1. The highest BCUT2D eigenvalue weighted by Crippen LogP contribution is 2.24. The predicted molar refractivity (Wildman–Crippen MR) is 92.3 cm³/mol. The van der Waals surface area contributed by atoms with Gasteiger partial charge in [-0.15, -0.1) is 0 Å². The summed E-state index contributed by atoms with van der Waals surface area (Å²) in [6.45, 7) is 0.586. The molecule has 0 atom stereocenters. The van der Waals surface area contributed by atoms with Crippen LogP contribution in [0.2, 0.25) is 5.02 Å². The fraction of sp³-hybridized carbons (Fsp3) is 0.0526. The number of aromatic hydroxyl groups is 1. The van der Waals surface area contributed by atoms with Crippen molar-refractivity contribution in [1.82, 2.24) is 0 Å². The first-order valence-corrected chi connectivity index (χ1v) is 7.47. The van der Waals surface area contributed by atoms with Crippen molar-refractivity contribution >= 4 is 17.3 Å². The lowest BCUT2D eigenvalue weighted by atomic mass is 10.1. The van der Waals surface area contributed by atoms with Gasteiger partial charge in [0.1, 0.15) is 5.75 Å². The van der Waals surface area contributed by atoms with Gasteiger partial charge in [-0.05, 0) is 41.5 Å². The highest BCUT2D eigenvalue weighted by Gasteiger charge is 2.01. The van der Waals surface area contributed by atoms with Gasteiger partial charge in [-0.25, -0.2) is 0 Å². The van der Waals surface area contributed by atoms with Gasteiger partial charge in [0.25, 0.3) is 0 Å². The maximum absolute atomic E-state index is 9.75. The maximum atomic E-state index is 9.75. The van der Waals surface area contributed by atoms with Gasteiger partial charge in [0.15, 0.2) is 0 Å². The largest absolute Gasteiger partial charge is 0.508 e. The number of phenols is 1. The molecular formula is C19H16ClNO. The molecule has 2 nitrogen and oxygen atoms in total. The van der Waals surface area contributed by atoms with E-state index in [2.05, 4.69) is 17.4 Å². The summed E-state index contributed by atoms with van der Waals surface area (Å²) in [6, 6.07) is 23.3. The molecule has 3 aromatic rings. The zero-order chi connectivity index (χ0) is 15.4. The number of hydrogen-bond acceptors (Lipinski definition) is 2. The lowest BCUT2D eigenvalue weighted by Crippen LogP contribution is -1.99. The van der Waals surface area contributed by atoms with Gasteiger partial charge >= 0.3 is 0 Å². The number of anilines is 1. The van der Waals surface area contributed by atoms with Gasteiger partial charge in [0, 0.05) is 22.8 Å². The van der Waals surface area contributed by atoms with Gasteiger partial charge in [-0.1, -0.05) is 54.1 Å². The van der Waals surface area contributed by atoms with Crippen molar-refractivity contribution in [2.24, 2.45) is 0 Å². The number of benzene rings is 3. The molecule has 2 N–H and O–H groups in total. The van der Waals surface area contributed by atoms with E-state index in [-0.39, 0.29) is 0 Å². The molecule has 0 aromatic heterocycles. The fourth-order valence-corrected chi connectivity index (χ4v) is 2.50. The lowest BCUT2D eigenvalue weighted by molar-refractivity contribution is 0.469. The Labute approximate surface area is 135 Å². The average Bonchev–Trinajstić information content (AvgIpc) is 2.55. The second kappa shape index (κ2) is 6.54. The van der Waals surface area contributed by atoms with Crippen molar-refractivity contribution in [2.75, 3.05) is 5.32 Å². The zero-order valence-corrected chi connectivity index (χ0v) is 12.7. The predicted octanol–water partition coefficient (Wildman–Crippen LogP) is 5.32. The first-order chi connectivity index (χ1) is 10.7. The average molecular weight is 310 g/mol. The fourth-order valence-electron chi connectivity index (χ4n) is 2.31. The molecule has 0 aliphatic rings. The topological polar surface area (TPSA) is 32.3 Å². The summed E-state index contributed by atoms with van der Waals surface area (Å²) in [4.78, 5) is 0. The number of halogens is 1. The van der Waals surface area contributed by atoms with Crippen LogP contribution in [0.15, 0.2) is 72.8 Å². The zero-order valence-electron chi connectivity index (χ0n) is 12.0. The van der Waals surface area contributed by atoms with Crippen molar-refractivity contribution in [3.63, 3.8) is 0 Å². The summed E-state index contributed by atoms with van der Waals surface area (Å²) in [6.07, 6.45) is 0. The van der Waals surface area contributed by atoms with E-state index in [9.17, 15) is 5.11 Å². The van der Waals surface area contributed by atoms with Crippen molar-refractivity contribution < 1.29 is 5.11 Å². The van der Waals surface area contributed by atoms with Gasteiger partial charge in [-0.3, -0.25) is 0 Å². The second-order valence-corrected chi connectivity index (χ2v) is 5.51. The van der Waals surface area contributed by atoms with Crippen molar-refractivity contribution in [3.05, 3.63) is 83.4 Å². The van der Waals surface area contributed by atoms with Gasteiger partial charge in [0.05, 0.1) is 0 Å². The molecule has 3 aromatic carbocycles. The standard InChI is InChI=1S/C19H16ClNO/c20-17-6-3-5-15(12-17)14-8-10-18(11-9-14)21-13-16-4-1-2-7-19(16)22/h1-12,21-22H,13H2. The molecule has 3 heteroatoms. The summed E-state index contributed by atoms with van der Waals surface area (Å²) in [5.41, 5.74) is 4.10. The van der Waals surface area contributed by atoms with E-state index >= 15 is 0 Å². The third kappa shape index (κ3) is 3.41. The molecular weight excluding hydrogens is 294 g/mol. The Bertz CT molecular complexity index is 768. The number of hydrogen-bond donors (Lipinski definition) is 2. The van der Waals surface area contributed by atoms with Crippen LogP contribution in [0.5, 0.6) is 5.75 Å². The Morgan fingerprint density at radius 1 is 0.818 bits per heavy atom. The Kier molecular flexibility index (Phi) is 4.31. The van der Waals surface area contributed by atoms with Crippen LogP contribution in [0, 0.1) is 0 Å². The molecule has 0 unspecified atom stereocenters. The van der Waals surface area contributed by atoms with Gasteiger partial charge < -0.3 is 10.4 Å². The van der Waals surface area contributed by atoms with E-state index in [0.717, 1.165) is 27.4 Å². The van der Waals surface area contributed by atoms with Crippen molar-refractivity contribution in [3.8, 4) is 16.9 Å². The lowest BCUT2D eigenvalue weighted by Gasteiger charge is -2.09. The summed E-state index contributed by atoms with van der Waals surface area (Å²) in [7, 11) is 0. The van der Waals surface area contributed by atoms with Crippen LogP contribution in [0.3, 0.4) is 0 Å². The molecule has 0 aliphatic heterocycles. The number of phenolic OH excluding ortho intramolecular Hbond substituents is 1. The molecule has 0 fully saturated rings. The second-order valence-electron chi connectivity index (χ2n) is 5.07. The van der Waals surface area contributed by atoms with E-state index < -0.39 is 0 Å². The summed E-state index contributed by atoms with van der Waals surface area (Å²) in [5.74, 6) is 0.311. The van der Waals surface area contributed by atoms with Crippen LogP contribution >= 0.6 is 11.6 Å². The van der Waals surface area contributed by atoms with Crippen molar-refractivity contribution in [2.45, 2.75) is 6.54 Å². The molecule has 0 spiro atoms. The summed E-state index contributed by atoms with van der Waals surface area (Å²) in [5, 5.41) is 13.8. The van der Waals surface area contributed by atoms with Crippen LogP contribution in [-0.2, 0) is 6.54 Å². The number of para-hydroxylation sites is 1. The minimum atomic E-state index is 0.311. The summed E-state index contributed by atoms with van der Waals surface area (Å²) < 4.78 is 0. The smallest absolute Gasteiger partial charge is 0.120 e. The highest BCUT2D eigenvalue weighted by molar-refractivity contribution is 6.30. The van der Waals surface area contributed by atoms with Crippen LogP contribution < -0.4 is 5.32 Å². The van der Waals surface area contributed by atoms with E-state index in [0.29, 0.717) is 12.3 Å². The van der Waals surface area contributed by atoms with Crippen LogP contribution in [0.1, 0.15) is 5.56 Å². The van der Waals surface area contributed by atoms with Crippen molar-refractivity contribution in [1.29, 1.82) is 0 Å². The van der Waals surface area contributed by atoms with Gasteiger partial charge in [-0.2, -0.15) is 0 Å². The highest BCUT2D eigenvalue weighted by atomic mass is 35.5. The van der Waals surface area contributed by atoms with E-state index in [4.69, 9.17) is 11.6 Å². The molecule has 0 radical (unpaired) electrons. The quantitative estimate of drug-likeness (QED) is 0.683.